The van der Waals surface area contributed by atoms with E-state index in [1.54, 1.807) is 5.01 Å². The van der Waals surface area contributed by atoms with E-state index in [0.717, 1.165) is 12.1 Å². The maximum absolute atomic E-state index is 13.8. The molecule has 2 heterocycles. The number of pyridine rings is 1. The van der Waals surface area contributed by atoms with Crippen LogP contribution in [-0.2, 0) is 17.8 Å². The molecule has 0 unspecified atom stereocenters. The highest BCUT2D eigenvalue weighted by atomic mass is 19.1. The molecule has 0 radical (unpaired) electrons. The van der Waals surface area contributed by atoms with Gasteiger partial charge in [0, 0.05) is 38.9 Å². The Morgan fingerprint density at radius 2 is 2.00 bits per heavy atom. The molecule has 0 aliphatic carbocycles. The van der Waals surface area contributed by atoms with Crippen LogP contribution in [0.3, 0.4) is 0 Å². The summed E-state index contributed by atoms with van der Waals surface area (Å²) in [4.78, 5) is 37.8. The maximum atomic E-state index is 13.8. The highest BCUT2D eigenvalue weighted by Crippen LogP contribution is 2.22. The van der Waals surface area contributed by atoms with Crippen molar-refractivity contribution in [3.05, 3.63) is 63.1 Å². The highest BCUT2D eigenvalue weighted by molar-refractivity contribution is 5.99. The summed E-state index contributed by atoms with van der Waals surface area (Å²) in [5.41, 5.74) is -1.33. The van der Waals surface area contributed by atoms with E-state index in [4.69, 9.17) is 4.74 Å². The van der Waals surface area contributed by atoms with E-state index >= 15 is 0 Å². The van der Waals surface area contributed by atoms with Crippen molar-refractivity contribution in [2.24, 2.45) is 0 Å². The number of aryl methyl sites for hydroxylation is 1. The largest absolute Gasteiger partial charge is 0.503 e. The van der Waals surface area contributed by atoms with Gasteiger partial charge in [-0.15, -0.1) is 0 Å². The molecule has 3 rings (SSSR count). The predicted octanol–water partition coefficient (Wildman–Crippen LogP) is 1.94. The third-order valence-electron chi connectivity index (χ3n) is 5.13. The average molecular weight is 435 g/mol. The van der Waals surface area contributed by atoms with Gasteiger partial charge in [-0.25, -0.2) is 8.78 Å². The van der Waals surface area contributed by atoms with Crippen LogP contribution in [0.1, 0.15) is 39.8 Å². The lowest BCUT2D eigenvalue weighted by Crippen LogP contribution is -2.51. The third kappa shape index (κ3) is 4.64. The van der Waals surface area contributed by atoms with Gasteiger partial charge >= 0.3 is 0 Å². The molecule has 1 aromatic carbocycles. The summed E-state index contributed by atoms with van der Waals surface area (Å²) in [7, 11) is 1.51. The number of hydrazine groups is 1. The first-order chi connectivity index (χ1) is 14.7. The molecular weight excluding hydrogens is 412 g/mol. The maximum Gasteiger partial charge on any atom is 0.288 e. The van der Waals surface area contributed by atoms with Crippen molar-refractivity contribution in [2.75, 3.05) is 26.8 Å². The van der Waals surface area contributed by atoms with Crippen molar-refractivity contribution in [2.45, 2.75) is 26.4 Å². The number of carbonyl (C=O) groups excluding carboxylic acids is 2. The van der Waals surface area contributed by atoms with Crippen molar-refractivity contribution >= 4 is 11.7 Å². The van der Waals surface area contributed by atoms with Gasteiger partial charge in [-0.05, 0) is 25.0 Å². The molecule has 2 aromatic rings. The zero-order chi connectivity index (χ0) is 22.7. The number of Topliss-reactive ketones (excluding diaryl/α,β-unsaturated/α-hetero) is 1. The van der Waals surface area contributed by atoms with Crippen LogP contribution < -0.4 is 5.43 Å². The van der Waals surface area contributed by atoms with Crippen molar-refractivity contribution in [3.63, 3.8) is 0 Å². The normalized spacial score (nSPS) is 14.1. The first kappa shape index (κ1) is 22.6. The fourth-order valence-electron chi connectivity index (χ4n) is 3.38. The van der Waals surface area contributed by atoms with Crippen molar-refractivity contribution < 1.29 is 28.2 Å². The number of ketones is 1. The molecule has 8 nitrogen and oxygen atoms in total. The van der Waals surface area contributed by atoms with Crippen LogP contribution in [0.5, 0.6) is 5.75 Å². The van der Waals surface area contributed by atoms with Gasteiger partial charge in [0.2, 0.25) is 5.43 Å². The van der Waals surface area contributed by atoms with Crippen LogP contribution in [0.15, 0.2) is 29.2 Å². The summed E-state index contributed by atoms with van der Waals surface area (Å²) in [6, 6.07) is 3.04. The zero-order valence-electron chi connectivity index (χ0n) is 17.2. The minimum atomic E-state index is -0.958. The van der Waals surface area contributed by atoms with Crippen LogP contribution in [0.2, 0.25) is 0 Å². The van der Waals surface area contributed by atoms with Gasteiger partial charge < -0.3 is 14.4 Å². The Hall–Kier alpha value is -3.11. The predicted molar refractivity (Wildman–Crippen MR) is 107 cm³/mol. The molecule has 1 amide bonds. The lowest BCUT2D eigenvalue weighted by molar-refractivity contribution is -0.0427. The number of ether oxygens (including phenoxy) is 1. The molecule has 1 aromatic heterocycles. The average Bonchev–Trinajstić information content (AvgIpc) is 2.73. The van der Waals surface area contributed by atoms with Gasteiger partial charge in [-0.3, -0.25) is 19.4 Å². The Balaban J connectivity index is 1.85. The number of benzene rings is 1. The van der Waals surface area contributed by atoms with E-state index in [0.29, 0.717) is 19.8 Å². The van der Waals surface area contributed by atoms with Gasteiger partial charge in [-0.1, -0.05) is 6.07 Å². The van der Waals surface area contributed by atoms with E-state index in [1.807, 2.05) is 6.92 Å². The zero-order valence-corrected chi connectivity index (χ0v) is 17.2. The number of amides is 1. The molecule has 0 saturated heterocycles. The molecule has 10 heteroatoms. The second-order valence-electron chi connectivity index (χ2n) is 7.09. The quantitative estimate of drug-likeness (QED) is 0.503. The number of nitrogens with zero attached hydrogens (tertiary/aromatic N) is 3. The van der Waals surface area contributed by atoms with Crippen molar-refractivity contribution in [1.82, 2.24) is 14.6 Å². The molecule has 1 aliphatic rings. The fourth-order valence-corrected chi connectivity index (χ4v) is 3.38. The van der Waals surface area contributed by atoms with Crippen molar-refractivity contribution in [1.29, 1.82) is 0 Å². The first-order valence-electron chi connectivity index (χ1n) is 9.78. The SMILES string of the molecule is CCOCCN1Cn2cc(C(=O)CCc3ccc(F)cc3F)c(=O)c(O)c2C(=O)N1C. The summed E-state index contributed by atoms with van der Waals surface area (Å²) in [6.07, 6.45) is 0.965. The molecule has 0 bridgehead atoms. The molecule has 1 aliphatic heterocycles. The lowest BCUT2D eigenvalue weighted by atomic mass is 10.0. The van der Waals surface area contributed by atoms with Crippen LogP contribution in [0.4, 0.5) is 8.78 Å². The van der Waals surface area contributed by atoms with Gasteiger partial charge in [0.05, 0.1) is 18.8 Å². The molecule has 166 valence electrons. The summed E-state index contributed by atoms with van der Waals surface area (Å²) in [6.45, 7) is 3.23. The minimum absolute atomic E-state index is 0.0466. The summed E-state index contributed by atoms with van der Waals surface area (Å²) in [5.74, 6) is -3.53. The lowest BCUT2D eigenvalue weighted by Gasteiger charge is -2.37. The van der Waals surface area contributed by atoms with E-state index in [-0.39, 0.29) is 36.3 Å². The summed E-state index contributed by atoms with van der Waals surface area (Å²) < 4.78 is 33.5. The molecule has 0 fully saturated rings. The summed E-state index contributed by atoms with van der Waals surface area (Å²) >= 11 is 0. The standard InChI is InChI=1S/C21H23F2N3O5/c1-3-31-9-8-26-12-25-11-15(19(28)20(29)18(25)21(30)24(26)2)17(27)7-5-13-4-6-14(22)10-16(13)23/h4,6,10-11,29H,3,5,7-9,12H2,1-2H3. The van der Waals surface area contributed by atoms with Gasteiger partial charge in [0.25, 0.3) is 5.91 Å². The Morgan fingerprint density at radius 1 is 1.26 bits per heavy atom. The van der Waals surface area contributed by atoms with Crippen LogP contribution in [0.25, 0.3) is 0 Å². The van der Waals surface area contributed by atoms with Crippen LogP contribution in [0, 0.1) is 11.6 Å². The number of halogens is 2. The van der Waals surface area contributed by atoms with Crippen LogP contribution >= 0.6 is 0 Å². The number of carbonyl (C=O) groups is 2. The van der Waals surface area contributed by atoms with Crippen LogP contribution in [-0.4, -0.2) is 58.2 Å². The van der Waals surface area contributed by atoms with Gasteiger partial charge in [-0.2, -0.15) is 5.01 Å². The molecular formula is C21H23F2N3O5. The number of aromatic hydroxyl groups is 1. The Bertz CT molecular complexity index is 1070. The van der Waals surface area contributed by atoms with E-state index in [9.17, 15) is 28.3 Å². The number of hydrogen-bond donors (Lipinski definition) is 1. The summed E-state index contributed by atoms with van der Waals surface area (Å²) in [5, 5.41) is 13.3. The first-order valence-corrected chi connectivity index (χ1v) is 9.78. The van der Waals surface area contributed by atoms with Crippen molar-refractivity contribution in [3.8, 4) is 5.75 Å². The third-order valence-corrected chi connectivity index (χ3v) is 5.13. The smallest absolute Gasteiger partial charge is 0.288 e. The number of fused-ring (bicyclic) bond motifs is 1. The molecule has 0 atom stereocenters. The van der Waals surface area contributed by atoms with Gasteiger partial charge in [0.15, 0.2) is 17.2 Å². The van der Waals surface area contributed by atoms with Gasteiger partial charge in [0.1, 0.15) is 11.6 Å². The topological polar surface area (TPSA) is 92.1 Å². The van der Waals surface area contributed by atoms with E-state index in [1.165, 1.54) is 28.9 Å². The second-order valence-corrected chi connectivity index (χ2v) is 7.09. The van der Waals surface area contributed by atoms with E-state index in [2.05, 4.69) is 0 Å². The molecule has 0 spiro atoms. The molecule has 31 heavy (non-hydrogen) atoms. The Labute approximate surface area is 177 Å². The van der Waals surface area contributed by atoms with E-state index < -0.39 is 34.5 Å². The fraction of sp³-hybridized carbons (Fsp3) is 0.381. The molecule has 0 saturated carbocycles. The monoisotopic (exact) mass is 435 g/mol. The molecule has 1 N–H and O–H groups in total. The number of aromatic nitrogens is 1. The minimum Gasteiger partial charge on any atom is -0.503 e. The number of hydrogen-bond acceptors (Lipinski definition) is 6. The second kappa shape index (κ2) is 9.36. The number of rotatable bonds is 8. The Morgan fingerprint density at radius 3 is 2.68 bits per heavy atom. The highest BCUT2D eigenvalue weighted by Gasteiger charge is 2.33. The Kier molecular flexibility index (Phi) is 6.81.